The molecule has 0 saturated heterocycles. The molecule has 0 unspecified atom stereocenters. The maximum absolute atomic E-state index is 12.2. The second kappa shape index (κ2) is 7.31. The normalized spacial score (nSPS) is 9.55. The van der Waals surface area contributed by atoms with Gasteiger partial charge in [0.1, 0.15) is 0 Å². The van der Waals surface area contributed by atoms with Crippen molar-refractivity contribution in [3.05, 3.63) is 34.9 Å². The molecule has 106 valence electrons. The SMILES string of the molecule is Cc1ccc(C#CCCO)cc1C(=O)N(C)CC(N)=O. The van der Waals surface area contributed by atoms with Crippen molar-refractivity contribution >= 4 is 11.8 Å². The zero-order valence-electron chi connectivity index (χ0n) is 11.6. The summed E-state index contributed by atoms with van der Waals surface area (Å²) in [5, 5.41) is 8.68. The summed E-state index contributed by atoms with van der Waals surface area (Å²) in [6.45, 7) is 1.70. The molecule has 2 amide bonds. The van der Waals surface area contributed by atoms with Gasteiger partial charge in [0.2, 0.25) is 5.91 Å². The minimum atomic E-state index is -0.558. The van der Waals surface area contributed by atoms with E-state index in [1.165, 1.54) is 11.9 Å². The Hall–Kier alpha value is -2.32. The van der Waals surface area contributed by atoms with E-state index < -0.39 is 5.91 Å². The van der Waals surface area contributed by atoms with Gasteiger partial charge in [0.25, 0.3) is 5.91 Å². The number of benzene rings is 1. The van der Waals surface area contributed by atoms with E-state index in [0.29, 0.717) is 17.5 Å². The van der Waals surface area contributed by atoms with Crippen LogP contribution in [0.2, 0.25) is 0 Å². The summed E-state index contributed by atoms with van der Waals surface area (Å²) in [6, 6.07) is 5.29. The summed E-state index contributed by atoms with van der Waals surface area (Å²) in [4.78, 5) is 24.3. The van der Waals surface area contributed by atoms with Crippen LogP contribution in [0.15, 0.2) is 18.2 Å². The zero-order valence-corrected chi connectivity index (χ0v) is 11.6. The minimum Gasteiger partial charge on any atom is -0.395 e. The van der Waals surface area contributed by atoms with Crippen molar-refractivity contribution < 1.29 is 14.7 Å². The van der Waals surface area contributed by atoms with Gasteiger partial charge in [0.15, 0.2) is 0 Å². The molecule has 0 spiro atoms. The summed E-state index contributed by atoms with van der Waals surface area (Å²) in [6.07, 6.45) is 0.388. The quantitative estimate of drug-likeness (QED) is 0.774. The van der Waals surface area contributed by atoms with Crippen molar-refractivity contribution in [2.45, 2.75) is 13.3 Å². The van der Waals surface area contributed by atoms with Gasteiger partial charge in [-0.2, -0.15) is 0 Å². The molecule has 0 radical (unpaired) electrons. The number of aliphatic hydroxyl groups is 1. The van der Waals surface area contributed by atoms with Crippen LogP contribution in [0.25, 0.3) is 0 Å². The van der Waals surface area contributed by atoms with E-state index in [0.717, 1.165) is 5.56 Å². The van der Waals surface area contributed by atoms with Crippen LogP contribution in [-0.4, -0.2) is 42.0 Å². The number of aryl methyl sites for hydroxylation is 1. The number of hydrogen-bond acceptors (Lipinski definition) is 3. The molecule has 0 saturated carbocycles. The lowest BCUT2D eigenvalue weighted by molar-refractivity contribution is -0.118. The van der Waals surface area contributed by atoms with Gasteiger partial charge < -0.3 is 15.7 Å². The van der Waals surface area contributed by atoms with Crippen LogP contribution in [0.3, 0.4) is 0 Å². The molecule has 0 aliphatic rings. The number of carbonyl (C=O) groups is 2. The average Bonchev–Trinajstić information content (AvgIpc) is 2.39. The number of hydrogen-bond donors (Lipinski definition) is 2. The molecule has 0 aliphatic heterocycles. The van der Waals surface area contributed by atoms with Crippen LogP contribution in [0.1, 0.15) is 27.9 Å². The van der Waals surface area contributed by atoms with Gasteiger partial charge in [-0.25, -0.2) is 0 Å². The molecular formula is C15H18N2O3. The largest absolute Gasteiger partial charge is 0.395 e. The van der Waals surface area contributed by atoms with E-state index in [-0.39, 0.29) is 19.1 Å². The van der Waals surface area contributed by atoms with Gasteiger partial charge in [0, 0.05) is 24.6 Å². The first-order valence-corrected chi connectivity index (χ1v) is 6.20. The van der Waals surface area contributed by atoms with E-state index >= 15 is 0 Å². The molecule has 1 aromatic rings. The number of carbonyl (C=O) groups excluding carboxylic acids is 2. The standard InChI is InChI=1S/C15H18N2O3/c1-11-6-7-12(5-3-4-8-18)9-13(11)15(20)17(2)10-14(16)19/h6-7,9,18H,4,8,10H2,1-2H3,(H2,16,19). The number of aliphatic hydroxyl groups excluding tert-OH is 1. The number of likely N-dealkylation sites (N-methyl/N-ethyl adjacent to an activating group) is 1. The molecule has 5 heteroatoms. The van der Waals surface area contributed by atoms with Crippen LogP contribution in [-0.2, 0) is 4.79 Å². The van der Waals surface area contributed by atoms with Crippen LogP contribution < -0.4 is 5.73 Å². The Balaban J connectivity index is 2.99. The first kappa shape index (κ1) is 15.7. The van der Waals surface area contributed by atoms with E-state index in [9.17, 15) is 9.59 Å². The van der Waals surface area contributed by atoms with Crippen molar-refractivity contribution in [2.75, 3.05) is 20.2 Å². The van der Waals surface area contributed by atoms with Gasteiger partial charge in [0.05, 0.1) is 13.2 Å². The van der Waals surface area contributed by atoms with Gasteiger partial charge in [-0.3, -0.25) is 9.59 Å². The Labute approximate surface area is 118 Å². The molecule has 3 N–H and O–H groups in total. The van der Waals surface area contributed by atoms with Crippen molar-refractivity contribution in [1.82, 2.24) is 4.90 Å². The highest BCUT2D eigenvalue weighted by atomic mass is 16.2. The summed E-state index contributed by atoms with van der Waals surface area (Å²) in [5.41, 5.74) is 7.07. The lowest BCUT2D eigenvalue weighted by Gasteiger charge is -2.16. The Morgan fingerprint density at radius 1 is 1.40 bits per heavy atom. The fourth-order valence-electron chi connectivity index (χ4n) is 1.66. The van der Waals surface area contributed by atoms with E-state index in [1.807, 2.05) is 13.0 Å². The lowest BCUT2D eigenvalue weighted by Crippen LogP contribution is -2.35. The van der Waals surface area contributed by atoms with Gasteiger partial charge in [-0.05, 0) is 24.6 Å². The predicted octanol–water partition coefficient (Wildman–Crippen LogP) is 0.286. The Morgan fingerprint density at radius 3 is 2.70 bits per heavy atom. The molecule has 1 rings (SSSR count). The van der Waals surface area contributed by atoms with Crippen LogP contribution >= 0.6 is 0 Å². The molecular weight excluding hydrogens is 256 g/mol. The third-order valence-corrected chi connectivity index (χ3v) is 2.68. The first-order chi connectivity index (χ1) is 9.45. The monoisotopic (exact) mass is 274 g/mol. The van der Waals surface area contributed by atoms with Gasteiger partial charge >= 0.3 is 0 Å². The molecule has 0 heterocycles. The Kier molecular flexibility index (Phi) is 5.75. The molecule has 0 bridgehead atoms. The predicted molar refractivity (Wildman–Crippen MR) is 75.9 cm³/mol. The smallest absolute Gasteiger partial charge is 0.254 e. The van der Waals surface area contributed by atoms with Gasteiger partial charge in [-0.1, -0.05) is 17.9 Å². The van der Waals surface area contributed by atoms with Crippen LogP contribution in [0.4, 0.5) is 0 Å². The van der Waals surface area contributed by atoms with Crippen molar-refractivity contribution in [2.24, 2.45) is 5.73 Å². The summed E-state index contributed by atoms with van der Waals surface area (Å²) in [5.74, 6) is 4.85. The summed E-state index contributed by atoms with van der Waals surface area (Å²) < 4.78 is 0. The molecule has 1 aromatic carbocycles. The topological polar surface area (TPSA) is 83.6 Å². The fraction of sp³-hybridized carbons (Fsp3) is 0.333. The third-order valence-electron chi connectivity index (χ3n) is 2.68. The molecule has 0 atom stereocenters. The number of nitrogens with zero attached hydrogens (tertiary/aromatic N) is 1. The Morgan fingerprint density at radius 2 is 2.10 bits per heavy atom. The molecule has 5 nitrogen and oxygen atoms in total. The van der Waals surface area contributed by atoms with Crippen molar-refractivity contribution in [3.63, 3.8) is 0 Å². The highest BCUT2D eigenvalue weighted by Crippen LogP contribution is 2.13. The first-order valence-electron chi connectivity index (χ1n) is 6.20. The maximum atomic E-state index is 12.2. The number of rotatable bonds is 4. The minimum absolute atomic E-state index is 0.00595. The van der Waals surface area contributed by atoms with Gasteiger partial charge in [-0.15, -0.1) is 0 Å². The fourth-order valence-corrected chi connectivity index (χ4v) is 1.66. The highest BCUT2D eigenvalue weighted by molar-refractivity contribution is 5.97. The zero-order chi connectivity index (χ0) is 15.1. The molecule has 0 aromatic heterocycles. The summed E-state index contributed by atoms with van der Waals surface area (Å²) in [7, 11) is 1.52. The number of primary amides is 1. The van der Waals surface area contributed by atoms with E-state index in [4.69, 9.17) is 10.8 Å². The van der Waals surface area contributed by atoms with Crippen molar-refractivity contribution in [1.29, 1.82) is 0 Å². The molecule has 20 heavy (non-hydrogen) atoms. The second-order valence-electron chi connectivity index (χ2n) is 4.43. The third kappa shape index (κ3) is 4.41. The molecule has 0 fully saturated rings. The number of amides is 2. The number of nitrogens with two attached hydrogens (primary N) is 1. The average molecular weight is 274 g/mol. The van der Waals surface area contributed by atoms with Crippen molar-refractivity contribution in [3.8, 4) is 11.8 Å². The van der Waals surface area contributed by atoms with E-state index in [2.05, 4.69) is 11.8 Å². The second-order valence-corrected chi connectivity index (χ2v) is 4.43. The summed E-state index contributed by atoms with van der Waals surface area (Å²) >= 11 is 0. The lowest BCUT2D eigenvalue weighted by atomic mass is 10.0. The maximum Gasteiger partial charge on any atom is 0.254 e. The Bertz CT molecular complexity index is 570. The van der Waals surface area contributed by atoms with E-state index in [1.54, 1.807) is 12.1 Å². The van der Waals surface area contributed by atoms with Crippen LogP contribution in [0.5, 0.6) is 0 Å². The molecule has 0 aliphatic carbocycles. The highest BCUT2D eigenvalue weighted by Gasteiger charge is 2.15. The van der Waals surface area contributed by atoms with Crippen LogP contribution in [0, 0.1) is 18.8 Å².